The number of furan rings is 1. The maximum Gasteiger partial charge on any atom is 0.230 e. The van der Waals surface area contributed by atoms with Gasteiger partial charge in [-0.25, -0.2) is 0 Å². The molecule has 3 rings (SSSR count). The van der Waals surface area contributed by atoms with E-state index in [-0.39, 0.29) is 17.7 Å². The van der Waals surface area contributed by atoms with Crippen molar-refractivity contribution in [1.29, 1.82) is 0 Å². The van der Waals surface area contributed by atoms with Gasteiger partial charge in [-0.1, -0.05) is 49.0 Å². The van der Waals surface area contributed by atoms with E-state index in [4.69, 9.17) is 4.42 Å². The summed E-state index contributed by atoms with van der Waals surface area (Å²) in [5.41, 5.74) is 1.18. The number of hydrogen-bond acceptors (Lipinski definition) is 5. The summed E-state index contributed by atoms with van der Waals surface area (Å²) < 4.78 is 7.39. The van der Waals surface area contributed by atoms with E-state index in [9.17, 15) is 4.79 Å². The number of amides is 1. The molecule has 0 radical (unpaired) electrons. The Balaban J connectivity index is 1.72. The van der Waals surface area contributed by atoms with Crippen molar-refractivity contribution in [2.75, 3.05) is 19.8 Å². The van der Waals surface area contributed by atoms with Gasteiger partial charge in [0.1, 0.15) is 11.8 Å². The third-order valence-corrected chi connectivity index (χ3v) is 5.68. The molecule has 1 amide bonds. The predicted molar refractivity (Wildman–Crippen MR) is 113 cm³/mol. The number of carbonyl (C=O) groups is 1. The van der Waals surface area contributed by atoms with Crippen LogP contribution in [0.25, 0.3) is 0 Å². The molecule has 0 aliphatic carbocycles. The molecule has 8 heteroatoms. The molecule has 1 aromatic carbocycles. The van der Waals surface area contributed by atoms with Crippen molar-refractivity contribution in [3.05, 3.63) is 65.9 Å². The van der Waals surface area contributed by atoms with Gasteiger partial charge in [0.15, 0.2) is 11.0 Å². The molecule has 29 heavy (non-hydrogen) atoms. The monoisotopic (exact) mass is 414 g/mol. The van der Waals surface area contributed by atoms with Crippen LogP contribution < -0.4 is 10.2 Å². The molecule has 0 saturated heterocycles. The highest BCUT2D eigenvalue weighted by Crippen LogP contribution is 2.22. The Labute approximate surface area is 175 Å². The number of nitrogens with one attached hydrogen (secondary N) is 2. The molecule has 0 saturated carbocycles. The van der Waals surface area contributed by atoms with E-state index < -0.39 is 0 Å². The molecule has 2 aromatic heterocycles. The van der Waals surface area contributed by atoms with Gasteiger partial charge in [-0.15, -0.1) is 10.2 Å². The number of carbonyl (C=O) groups excluding carboxylic acids is 1. The average molecular weight is 415 g/mol. The maximum absolute atomic E-state index is 12.3. The van der Waals surface area contributed by atoms with E-state index in [0.29, 0.717) is 13.1 Å². The Kier molecular flexibility index (Phi) is 7.48. The van der Waals surface area contributed by atoms with Gasteiger partial charge in [0, 0.05) is 6.42 Å². The van der Waals surface area contributed by atoms with Crippen LogP contribution in [0.1, 0.15) is 36.5 Å². The van der Waals surface area contributed by atoms with Crippen molar-refractivity contribution in [1.82, 2.24) is 20.1 Å². The fraction of sp³-hybridized carbons (Fsp3) is 0.381. The SMILES string of the molecule is CC[C@@H](c1nnc(SCC(=O)NCc2ccco2)n1Cc1ccccc1)[NH+](C)C. The van der Waals surface area contributed by atoms with Gasteiger partial charge in [-0.05, 0) is 17.7 Å². The van der Waals surface area contributed by atoms with Gasteiger partial charge >= 0.3 is 0 Å². The highest BCUT2D eigenvalue weighted by atomic mass is 32.2. The molecule has 2 N–H and O–H groups in total. The zero-order valence-corrected chi connectivity index (χ0v) is 17.9. The number of quaternary nitrogens is 1. The van der Waals surface area contributed by atoms with Crippen LogP contribution >= 0.6 is 11.8 Å². The summed E-state index contributed by atoms with van der Waals surface area (Å²) in [6.45, 7) is 3.23. The van der Waals surface area contributed by atoms with E-state index in [1.165, 1.54) is 22.2 Å². The molecule has 3 aromatic rings. The van der Waals surface area contributed by atoms with Gasteiger partial charge in [0.2, 0.25) is 5.91 Å². The molecule has 1 atom stereocenters. The first-order valence-corrected chi connectivity index (χ1v) is 10.8. The molecular weight excluding hydrogens is 386 g/mol. The summed E-state index contributed by atoms with van der Waals surface area (Å²) in [6, 6.07) is 14.1. The first-order chi connectivity index (χ1) is 14.1. The lowest BCUT2D eigenvalue weighted by atomic mass is 10.2. The predicted octanol–water partition coefficient (Wildman–Crippen LogP) is 1.92. The summed E-state index contributed by atoms with van der Waals surface area (Å²) in [5, 5.41) is 12.5. The quantitative estimate of drug-likeness (QED) is 0.496. The van der Waals surface area contributed by atoms with Gasteiger partial charge in [0.25, 0.3) is 0 Å². The smallest absolute Gasteiger partial charge is 0.230 e. The molecule has 0 fully saturated rings. The standard InChI is InChI=1S/C21H27N5O2S/c1-4-18(25(2)3)20-23-24-21(26(20)14-16-9-6-5-7-10-16)29-15-19(27)22-13-17-11-8-12-28-17/h5-12,18H,4,13-15H2,1-3H3,(H,22,27)/p+1/t18-/m0/s1. The number of benzene rings is 1. The second-order valence-corrected chi connectivity index (χ2v) is 8.04. The first kappa shape index (κ1) is 21.1. The molecule has 0 unspecified atom stereocenters. The lowest BCUT2D eigenvalue weighted by molar-refractivity contribution is -0.893. The zero-order valence-electron chi connectivity index (χ0n) is 17.1. The summed E-state index contributed by atoms with van der Waals surface area (Å²) in [4.78, 5) is 13.6. The van der Waals surface area contributed by atoms with Crippen LogP contribution in [-0.4, -0.2) is 40.5 Å². The van der Waals surface area contributed by atoms with Gasteiger partial charge in [0.05, 0.1) is 39.2 Å². The number of nitrogens with zero attached hydrogens (tertiary/aromatic N) is 3. The molecule has 7 nitrogen and oxygen atoms in total. The Bertz CT molecular complexity index is 893. The van der Waals surface area contributed by atoms with Crippen LogP contribution in [0.15, 0.2) is 58.3 Å². The second-order valence-electron chi connectivity index (χ2n) is 7.10. The molecule has 0 spiro atoms. The maximum atomic E-state index is 12.3. The summed E-state index contributed by atoms with van der Waals surface area (Å²) in [7, 11) is 4.26. The van der Waals surface area contributed by atoms with Gasteiger partial charge in [-0.2, -0.15) is 0 Å². The molecule has 0 aliphatic rings. The Morgan fingerprint density at radius 3 is 2.66 bits per heavy atom. The van der Waals surface area contributed by atoms with Gasteiger partial charge < -0.3 is 14.6 Å². The minimum absolute atomic E-state index is 0.0625. The minimum atomic E-state index is -0.0625. The van der Waals surface area contributed by atoms with Crippen LogP contribution in [0.2, 0.25) is 0 Å². The normalized spacial score (nSPS) is 12.3. The third-order valence-electron chi connectivity index (χ3n) is 4.72. The van der Waals surface area contributed by atoms with E-state index in [2.05, 4.69) is 53.2 Å². The fourth-order valence-electron chi connectivity index (χ4n) is 3.21. The van der Waals surface area contributed by atoms with Crippen molar-refractivity contribution in [3.8, 4) is 0 Å². The second kappa shape index (κ2) is 10.3. The number of hydrogen-bond donors (Lipinski definition) is 2. The fourth-order valence-corrected chi connectivity index (χ4v) is 3.98. The summed E-state index contributed by atoms with van der Waals surface area (Å²) >= 11 is 1.41. The van der Waals surface area contributed by atoms with Crippen molar-refractivity contribution < 1.29 is 14.1 Å². The Morgan fingerprint density at radius 1 is 1.21 bits per heavy atom. The summed E-state index contributed by atoms with van der Waals surface area (Å²) in [6.07, 6.45) is 2.56. The molecular formula is C21H28N5O2S+. The topological polar surface area (TPSA) is 77.4 Å². The largest absolute Gasteiger partial charge is 0.467 e. The first-order valence-electron chi connectivity index (χ1n) is 9.77. The third kappa shape index (κ3) is 5.71. The average Bonchev–Trinajstić information content (AvgIpc) is 3.37. The van der Waals surface area contributed by atoms with E-state index >= 15 is 0 Å². The van der Waals surface area contributed by atoms with Crippen LogP contribution in [0.4, 0.5) is 0 Å². The Morgan fingerprint density at radius 2 is 2.00 bits per heavy atom. The van der Waals surface area contributed by atoms with E-state index in [1.54, 1.807) is 12.3 Å². The highest BCUT2D eigenvalue weighted by Gasteiger charge is 2.25. The van der Waals surface area contributed by atoms with E-state index in [1.807, 2.05) is 24.3 Å². The summed E-state index contributed by atoms with van der Waals surface area (Å²) in [5.74, 6) is 1.90. The van der Waals surface area contributed by atoms with Crippen molar-refractivity contribution in [2.24, 2.45) is 0 Å². The van der Waals surface area contributed by atoms with Gasteiger partial charge in [-0.3, -0.25) is 9.36 Å². The molecule has 0 bridgehead atoms. The highest BCUT2D eigenvalue weighted by molar-refractivity contribution is 7.99. The van der Waals surface area contributed by atoms with Crippen molar-refractivity contribution >= 4 is 17.7 Å². The van der Waals surface area contributed by atoms with E-state index in [0.717, 1.165) is 23.2 Å². The molecule has 154 valence electrons. The number of aromatic nitrogens is 3. The molecule has 0 aliphatic heterocycles. The van der Waals surface area contributed by atoms with Crippen LogP contribution in [0, 0.1) is 0 Å². The lowest BCUT2D eigenvalue weighted by Crippen LogP contribution is -3.06. The lowest BCUT2D eigenvalue weighted by Gasteiger charge is -2.20. The van der Waals surface area contributed by atoms with Crippen LogP contribution in [-0.2, 0) is 17.9 Å². The van der Waals surface area contributed by atoms with Crippen molar-refractivity contribution in [2.45, 2.75) is 37.6 Å². The Hall–Kier alpha value is -2.58. The minimum Gasteiger partial charge on any atom is -0.467 e. The zero-order chi connectivity index (χ0) is 20.6. The van der Waals surface area contributed by atoms with Crippen LogP contribution in [0.3, 0.4) is 0 Å². The number of thioether (sulfide) groups is 1. The molecule has 2 heterocycles. The van der Waals surface area contributed by atoms with Crippen molar-refractivity contribution in [3.63, 3.8) is 0 Å². The van der Waals surface area contributed by atoms with Crippen LogP contribution in [0.5, 0.6) is 0 Å². The number of rotatable bonds is 10.